The summed E-state index contributed by atoms with van der Waals surface area (Å²) in [7, 11) is 0. The lowest BCUT2D eigenvalue weighted by molar-refractivity contribution is -0.533. The Balaban J connectivity index is 1.45. The largest absolute Gasteiger partial charge is 0.342 e. The van der Waals surface area contributed by atoms with Crippen molar-refractivity contribution in [3.63, 3.8) is 0 Å². The van der Waals surface area contributed by atoms with Gasteiger partial charge in [-0.15, -0.1) is 0 Å². The highest BCUT2D eigenvalue weighted by Gasteiger charge is 2.53. The van der Waals surface area contributed by atoms with Gasteiger partial charge in [0.1, 0.15) is 0 Å². The fourth-order valence-electron chi connectivity index (χ4n) is 2.78. The molecule has 8 heteroatoms. The molecule has 0 N–H and O–H groups in total. The first-order chi connectivity index (χ1) is 10.5. The third-order valence-corrected chi connectivity index (χ3v) is 4.46. The van der Waals surface area contributed by atoms with Crippen molar-refractivity contribution in [2.75, 3.05) is 0 Å². The van der Waals surface area contributed by atoms with Gasteiger partial charge in [0, 0.05) is 0 Å². The minimum atomic E-state index is -0.740. The molecule has 0 bridgehead atoms. The molecule has 0 saturated carbocycles. The zero-order valence-electron chi connectivity index (χ0n) is 13.0. The zero-order valence-corrected chi connectivity index (χ0v) is 13.0. The Labute approximate surface area is 128 Å². The zero-order chi connectivity index (χ0) is 15.4. The maximum Gasteiger partial charge on any atom is 0.215 e. The minimum absolute atomic E-state index is 0.0891. The third kappa shape index (κ3) is 2.57. The van der Waals surface area contributed by atoms with Gasteiger partial charge in [-0.3, -0.25) is 0 Å². The van der Waals surface area contributed by atoms with Gasteiger partial charge in [-0.05, 0) is 27.7 Å². The van der Waals surface area contributed by atoms with Gasteiger partial charge < -0.3 is 37.9 Å². The highest BCUT2D eigenvalue weighted by atomic mass is 16.9. The fourth-order valence-corrected chi connectivity index (χ4v) is 2.78. The second-order valence-corrected chi connectivity index (χ2v) is 6.12. The van der Waals surface area contributed by atoms with Crippen molar-refractivity contribution in [1.82, 2.24) is 0 Å². The van der Waals surface area contributed by atoms with Crippen LogP contribution in [0.15, 0.2) is 0 Å². The molecular weight excluding hydrogens is 296 g/mol. The highest BCUT2D eigenvalue weighted by Crippen LogP contribution is 2.36. The summed E-state index contributed by atoms with van der Waals surface area (Å²) in [5, 5.41) is 0. The monoisotopic (exact) mass is 318 g/mol. The van der Waals surface area contributed by atoms with Gasteiger partial charge in [0.25, 0.3) is 0 Å². The second-order valence-electron chi connectivity index (χ2n) is 6.12. The van der Waals surface area contributed by atoms with E-state index in [-0.39, 0.29) is 24.4 Å². The Morgan fingerprint density at radius 1 is 0.318 bits per heavy atom. The van der Waals surface area contributed by atoms with E-state index < -0.39 is 37.7 Å². The molecule has 8 unspecified atom stereocenters. The first-order valence-electron chi connectivity index (χ1n) is 7.75. The van der Waals surface area contributed by atoms with Gasteiger partial charge in [-0.2, -0.15) is 0 Å². The van der Waals surface area contributed by atoms with E-state index in [0.717, 1.165) is 0 Å². The van der Waals surface area contributed by atoms with Crippen LogP contribution < -0.4 is 0 Å². The number of rotatable bonds is 0. The lowest BCUT2D eigenvalue weighted by atomic mass is 10.2. The number of hydrogen-bond donors (Lipinski definition) is 0. The molecule has 0 aromatic rings. The van der Waals surface area contributed by atoms with Gasteiger partial charge in [0.2, 0.25) is 37.7 Å². The van der Waals surface area contributed by atoms with E-state index in [2.05, 4.69) is 0 Å². The molecular formula is C14H22O8. The average molecular weight is 318 g/mol. The summed E-state index contributed by atoms with van der Waals surface area (Å²) in [6.45, 7) is 7.69. The molecule has 0 spiro atoms. The van der Waals surface area contributed by atoms with Crippen LogP contribution in [0.5, 0.6) is 0 Å². The quantitative estimate of drug-likeness (QED) is 0.646. The molecule has 22 heavy (non-hydrogen) atoms. The van der Waals surface area contributed by atoms with Gasteiger partial charge in [0.15, 0.2) is 0 Å². The van der Waals surface area contributed by atoms with Gasteiger partial charge in [-0.1, -0.05) is 0 Å². The lowest BCUT2D eigenvalue weighted by Gasteiger charge is -2.51. The van der Waals surface area contributed by atoms with Crippen LogP contribution in [0, 0.1) is 0 Å². The van der Waals surface area contributed by atoms with Crippen molar-refractivity contribution in [2.45, 2.75) is 89.9 Å². The van der Waals surface area contributed by atoms with E-state index >= 15 is 0 Å². The summed E-state index contributed by atoms with van der Waals surface area (Å²) in [6, 6.07) is 0. The SMILES string of the molecule is CC1OC2OC3OC4OC(C)C(C)OC4OC3OC2OC1C. The molecule has 0 aromatic carbocycles. The van der Waals surface area contributed by atoms with Crippen molar-refractivity contribution in [3.05, 3.63) is 0 Å². The summed E-state index contributed by atoms with van der Waals surface area (Å²) in [6.07, 6.45) is -4.42. The predicted molar refractivity (Wildman–Crippen MR) is 69.3 cm³/mol. The number of ether oxygens (including phenoxy) is 8. The van der Waals surface area contributed by atoms with E-state index in [0.29, 0.717) is 0 Å². The molecule has 0 aliphatic carbocycles. The normalized spacial score (nSPS) is 58.4. The number of hydrogen-bond acceptors (Lipinski definition) is 8. The van der Waals surface area contributed by atoms with Crippen LogP contribution >= 0.6 is 0 Å². The molecule has 4 heterocycles. The van der Waals surface area contributed by atoms with Crippen molar-refractivity contribution in [2.24, 2.45) is 0 Å². The molecule has 4 fully saturated rings. The lowest BCUT2D eigenvalue weighted by Crippen LogP contribution is -2.65. The molecule has 0 radical (unpaired) electrons. The third-order valence-electron chi connectivity index (χ3n) is 4.46. The van der Waals surface area contributed by atoms with E-state index in [4.69, 9.17) is 37.9 Å². The summed E-state index contributed by atoms with van der Waals surface area (Å²) in [5.41, 5.74) is 0. The molecule has 4 rings (SSSR count). The second kappa shape index (κ2) is 5.64. The number of fused-ring (bicyclic) bond motifs is 3. The Morgan fingerprint density at radius 3 is 0.727 bits per heavy atom. The van der Waals surface area contributed by atoms with Crippen LogP contribution in [0.1, 0.15) is 27.7 Å². The smallest absolute Gasteiger partial charge is 0.215 e. The fraction of sp³-hybridized carbons (Fsp3) is 1.00. The molecule has 8 nitrogen and oxygen atoms in total. The Kier molecular flexibility index (Phi) is 3.90. The van der Waals surface area contributed by atoms with E-state index in [1.165, 1.54) is 0 Å². The van der Waals surface area contributed by atoms with Crippen LogP contribution in [0.3, 0.4) is 0 Å². The van der Waals surface area contributed by atoms with Gasteiger partial charge in [0.05, 0.1) is 24.4 Å². The van der Waals surface area contributed by atoms with Gasteiger partial charge >= 0.3 is 0 Å². The first kappa shape index (κ1) is 15.2. The highest BCUT2D eigenvalue weighted by molar-refractivity contribution is 4.79. The first-order valence-corrected chi connectivity index (χ1v) is 7.75. The Morgan fingerprint density at radius 2 is 0.500 bits per heavy atom. The maximum absolute atomic E-state index is 5.77. The minimum Gasteiger partial charge on any atom is -0.342 e. The molecule has 4 aliphatic rings. The topological polar surface area (TPSA) is 73.8 Å². The molecule has 0 amide bonds. The summed E-state index contributed by atoms with van der Waals surface area (Å²) in [5.74, 6) is 0. The van der Waals surface area contributed by atoms with Crippen LogP contribution in [0.25, 0.3) is 0 Å². The summed E-state index contributed by atoms with van der Waals surface area (Å²) in [4.78, 5) is 0. The molecule has 8 atom stereocenters. The van der Waals surface area contributed by atoms with Crippen LogP contribution in [-0.4, -0.2) is 62.2 Å². The van der Waals surface area contributed by atoms with Crippen molar-refractivity contribution < 1.29 is 37.9 Å². The average Bonchev–Trinajstić information content (AvgIpc) is 2.46. The van der Waals surface area contributed by atoms with Crippen LogP contribution in [0.4, 0.5) is 0 Å². The van der Waals surface area contributed by atoms with Gasteiger partial charge in [-0.25, -0.2) is 0 Å². The van der Waals surface area contributed by atoms with Crippen LogP contribution in [-0.2, 0) is 37.9 Å². The molecule has 126 valence electrons. The van der Waals surface area contributed by atoms with Crippen molar-refractivity contribution in [1.29, 1.82) is 0 Å². The Hall–Kier alpha value is -0.320. The molecule has 4 saturated heterocycles. The molecule has 4 aliphatic heterocycles. The van der Waals surface area contributed by atoms with Crippen molar-refractivity contribution in [3.8, 4) is 0 Å². The van der Waals surface area contributed by atoms with E-state index in [1.807, 2.05) is 27.7 Å². The van der Waals surface area contributed by atoms with Crippen molar-refractivity contribution >= 4 is 0 Å². The predicted octanol–water partition coefficient (Wildman–Crippen LogP) is 0.684. The standard InChI is InChI=1S/C14H22O8/c1-5-6(2)16-10-9(15-5)19-13-14(20-10)22-12-11(21-13)17-7(3)8(4)18-12/h5-14H,1-4H3. The maximum atomic E-state index is 5.77. The molecule has 0 aromatic heterocycles. The summed E-state index contributed by atoms with van der Waals surface area (Å²) < 4.78 is 46.1. The van der Waals surface area contributed by atoms with E-state index in [1.54, 1.807) is 0 Å². The summed E-state index contributed by atoms with van der Waals surface area (Å²) >= 11 is 0. The van der Waals surface area contributed by atoms with E-state index in [9.17, 15) is 0 Å². The Bertz CT molecular complexity index is 346. The van der Waals surface area contributed by atoms with Crippen LogP contribution in [0.2, 0.25) is 0 Å².